The Morgan fingerprint density at radius 3 is 2.74 bits per heavy atom. The maximum atomic E-state index is 12.1. The summed E-state index contributed by atoms with van der Waals surface area (Å²) in [6.07, 6.45) is 0. The summed E-state index contributed by atoms with van der Waals surface area (Å²) < 4.78 is 27.8. The Morgan fingerprint density at radius 1 is 1.32 bits per heavy atom. The van der Waals surface area contributed by atoms with Crippen molar-refractivity contribution in [3.8, 4) is 0 Å². The summed E-state index contributed by atoms with van der Waals surface area (Å²) in [6.45, 7) is 0.591. The summed E-state index contributed by atoms with van der Waals surface area (Å²) in [4.78, 5) is 1.18. The van der Waals surface area contributed by atoms with Gasteiger partial charge in [-0.05, 0) is 45.1 Å². The van der Waals surface area contributed by atoms with E-state index in [2.05, 4.69) is 20.7 Å². The fraction of sp³-hybridized carbons (Fsp3) is 0.167. The van der Waals surface area contributed by atoms with E-state index in [0.29, 0.717) is 6.54 Å². The Balaban J connectivity index is 2.16. The van der Waals surface area contributed by atoms with Gasteiger partial charge in [0.05, 0.1) is 4.90 Å². The van der Waals surface area contributed by atoms with Crippen LogP contribution in [0, 0.1) is 0 Å². The van der Waals surface area contributed by atoms with E-state index in [9.17, 15) is 8.42 Å². The first kappa shape index (κ1) is 14.7. The lowest BCUT2D eigenvalue weighted by Crippen LogP contribution is -2.23. The van der Waals surface area contributed by atoms with E-state index in [-0.39, 0.29) is 11.4 Å². The largest absolute Gasteiger partial charge is 0.326 e. The predicted octanol–water partition coefficient (Wildman–Crippen LogP) is 2.45. The number of hydrogen-bond acceptors (Lipinski definition) is 4. The fourth-order valence-corrected chi connectivity index (χ4v) is 4.12. The second kappa shape index (κ2) is 6.15. The number of halogens is 1. The van der Waals surface area contributed by atoms with Crippen molar-refractivity contribution in [2.75, 3.05) is 0 Å². The van der Waals surface area contributed by atoms with Gasteiger partial charge in [-0.2, -0.15) is 0 Å². The van der Waals surface area contributed by atoms with Crippen LogP contribution in [-0.4, -0.2) is 8.42 Å². The van der Waals surface area contributed by atoms with E-state index in [0.717, 1.165) is 14.9 Å². The molecule has 0 spiro atoms. The molecule has 0 saturated heterocycles. The van der Waals surface area contributed by atoms with Crippen molar-refractivity contribution in [1.29, 1.82) is 0 Å². The highest BCUT2D eigenvalue weighted by Crippen LogP contribution is 2.23. The average molecular weight is 361 g/mol. The predicted molar refractivity (Wildman–Crippen MR) is 80.4 cm³/mol. The van der Waals surface area contributed by atoms with E-state index in [1.165, 1.54) is 11.3 Å². The molecule has 0 bridgehead atoms. The molecule has 2 rings (SSSR count). The van der Waals surface area contributed by atoms with Gasteiger partial charge < -0.3 is 5.73 Å². The number of rotatable bonds is 5. The van der Waals surface area contributed by atoms with Crippen molar-refractivity contribution in [3.63, 3.8) is 0 Å². The molecule has 4 nitrogen and oxygen atoms in total. The van der Waals surface area contributed by atoms with Crippen LogP contribution in [-0.2, 0) is 23.1 Å². The summed E-state index contributed by atoms with van der Waals surface area (Å²) >= 11 is 4.87. The Hall–Kier alpha value is -0.730. The highest BCUT2D eigenvalue weighted by molar-refractivity contribution is 9.10. The van der Waals surface area contributed by atoms with Gasteiger partial charge in [-0.25, -0.2) is 13.1 Å². The van der Waals surface area contributed by atoms with E-state index >= 15 is 0 Å². The minimum absolute atomic E-state index is 0.239. The normalized spacial score (nSPS) is 11.7. The first-order valence-electron chi connectivity index (χ1n) is 5.53. The smallest absolute Gasteiger partial charge is 0.240 e. The summed E-state index contributed by atoms with van der Waals surface area (Å²) in [5.74, 6) is 0. The van der Waals surface area contributed by atoms with Crippen molar-refractivity contribution in [2.24, 2.45) is 5.73 Å². The monoisotopic (exact) mass is 360 g/mol. The minimum Gasteiger partial charge on any atom is -0.326 e. The van der Waals surface area contributed by atoms with E-state index in [1.807, 2.05) is 11.4 Å². The molecule has 1 heterocycles. The van der Waals surface area contributed by atoms with Crippen LogP contribution < -0.4 is 10.5 Å². The lowest BCUT2D eigenvalue weighted by molar-refractivity contribution is 0.581. The van der Waals surface area contributed by atoms with Crippen LogP contribution in [0.3, 0.4) is 0 Å². The van der Waals surface area contributed by atoms with Gasteiger partial charge in [-0.15, -0.1) is 11.3 Å². The molecule has 0 radical (unpaired) electrons. The van der Waals surface area contributed by atoms with Gasteiger partial charge >= 0.3 is 0 Å². The highest BCUT2D eigenvalue weighted by Gasteiger charge is 2.14. The van der Waals surface area contributed by atoms with E-state index in [4.69, 9.17) is 5.73 Å². The van der Waals surface area contributed by atoms with Gasteiger partial charge in [0.15, 0.2) is 0 Å². The second-order valence-corrected chi connectivity index (χ2v) is 7.49. The number of thiophene rings is 1. The topological polar surface area (TPSA) is 72.2 Å². The van der Waals surface area contributed by atoms with Crippen LogP contribution in [0.25, 0.3) is 0 Å². The summed E-state index contributed by atoms with van der Waals surface area (Å²) in [5.41, 5.74) is 6.31. The molecule has 0 fully saturated rings. The van der Waals surface area contributed by atoms with Gasteiger partial charge in [0.1, 0.15) is 0 Å². The third kappa shape index (κ3) is 3.64. The van der Waals surface area contributed by atoms with Crippen LogP contribution in [0.4, 0.5) is 0 Å². The third-order valence-electron chi connectivity index (χ3n) is 2.56. The zero-order valence-corrected chi connectivity index (χ0v) is 13.2. The van der Waals surface area contributed by atoms with E-state index < -0.39 is 10.0 Å². The van der Waals surface area contributed by atoms with Gasteiger partial charge in [-0.1, -0.05) is 12.1 Å². The molecule has 102 valence electrons. The van der Waals surface area contributed by atoms with E-state index in [1.54, 1.807) is 24.3 Å². The molecule has 0 aliphatic heterocycles. The van der Waals surface area contributed by atoms with Crippen LogP contribution >= 0.6 is 27.3 Å². The standard InChI is InChI=1S/C12H13BrN2O2S2/c13-11-4-5-18-12(11)8-15-19(16,17)10-3-1-2-9(6-10)7-14/h1-6,15H,7-8,14H2. The zero-order chi connectivity index (χ0) is 13.9. The molecule has 0 aliphatic rings. The molecule has 19 heavy (non-hydrogen) atoms. The first-order chi connectivity index (χ1) is 9.03. The minimum atomic E-state index is -3.51. The Kier molecular flexibility index (Phi) is 4.75. The van der Waals surface area contributed by atoms with Crippen molar-refractivity contribution >= 4 is 37.3 Å². The van der Waals surface area contributed by atoms with Crippen molar-refractivity contribution in [2.45, 2.75) is 18.0 Å². The Bertz CT molecular complexity index is 668. The molecule has 0 aliphatic carbocycles. The summed E-state index contributed by atoms with van der Waals surface area (Å²) in [5, 5.41) is 1.91. The van der Waals surface area contributed by atoms with Crippen LogP contribution in [0.5, 0.6) is 0 Å². The first-order valence-corrected chi connectivity index (χ1v) is 8.69. The fourth-order valence-electron chi connectivity index (χ4n) is 1.53. The lowest BCUT2D eigenvalue weighted by atomic mass is 10.2. The zero-order valence-electron chi connectivity index (χ0n) is 9.97. The van der Waals surface area contributed by atoms with Gasteiger partial charge in [0.2, 0.25) is 10.0 Å². The summed E-state index contributed by atoms with van der Waals surface area (Å²) in [6, 6.07) is 8.53. The maximum Gasteiger partial charge on any atom is 0.240 e. The molecule has 0 unspecified atom stereocenters. The highest BCUT2D eigenvalue weighted by atomic mass is 79.9. The maximum absolute atomic E-state index is 12.1. The van der Waals surface area contributed by atoms with Crippen LogP contribution in [0.2, 0.25) is 0 Å². The molecule has 7 heteroatoms. The molecule has 0 atom stereocenters. The molecule has 1 aromatic carbocycles. The average Bonchev–Trinajstić information content (AvgIpc) is 2.82. The van der Waals surface area contributed by atoms with Gasteiger partial charge in [-0.3, -0.25) is 0 Å². The lowest BCUT2D eigenvalue weighted by Gasteiger charge is -2.07. The molecular formula is C12H13BrN2O2S2. The quantitative estimate of drug-likeness (QED) is 0.859. The molecular weight excluding hydrogens is 348 g/mol. The van der Waals surface area contributed by atoms with Crippen molar-refractivity contribution in [3.05, 3.63) is 50.6 Å². The number of benzene rings is 1. The van der Waals surface area contributed by atoms with Gasteiger partial charge in [0.25, 0.3) is 0 Å². The van der Waals surface area contributed by atoms with Gasteiger partial charge in [0, 0.05) is 22.4 Å². The Labute approximate surface area is 124 Å². The Morgan fingerprint density at radius 2 is 2.11 bits per heavy atom. The van der Waals surface area contributed by atoms with Crippen LogP contribution in [0.1, 0.15) is 10.4 Å². The van der Waals surface area contributed by atoms with Crippen molar-refractivity contribution < 1.29 is 8.42 Å². The third-order valence-corrected chi connectivity index (χ3v) is 5.88. The second-order valence-electron chi connectivity index (χ2n) is 3.87. The number of nitrogens with two attached hydrogens (primary N) is 1. The molecule has 0 amide bonds. The van der Waals surface area contributed by atoms with Crippen LogP contribution in [0.15, 0.2) is 45.1 Å². The summed E-state index contributed by atoms with van der Waals surface area (Å²) in [7, 11) is -3.51. The van der Waals surface area contributed by atoms with Crippen molar-refractivity contribution in [1.82, 2.24) is 4.72 Å². The number of hydrogen-bond donors (Lipinski definition) is 2. The molecule has 1 aromatic heterocycles. The molecule has 2 aromatic rings. The SMILES string of the molecule is NCc1cccc(S(=O)(=O)NCc2sccc2Br)c1. The molecule has 0 saturated carbocycles. The number of nitrogens with one attached hydrogen (secondary N) is 1. The number of sulfonamides is 1. The molecule has 3 N–H and O–H groups in total.